The fourth-order valence-electron chi connectivity index (χ4n) is 2.29. The van der Waals surface area contributed by atoms with E-state index in [1.54, 1.807) is 39.0 Å². The van der Waals surface area contributed by atoms with E-state index in [0.29, 0.717) is 24.2 Å². The zero-order valence-electron chi connectivity index (χ0n) is 14.6. The van der Waals surface area contributed by atoms with Crippen LogP contribution < -0.4 is 15.4 Å². The topological polar surface area (TPSA) is 76.7 Å². The highest BCUT2D eigenvalue weighted by molar-refractivity contribution is 5.96. The molecule has 0 bridgehead atoms. The molecular weight excluding hydrogens is 327 g/mol. The summed E-state index contributed by atoms with van der Waals surface area (Å²) < 4.78 is 23.6. The van der Waals surface area contributed by atoms with Gasteiger partial charge in [-0.25, -0.2) is 9.18 Å². The Morgan fingerprint density at radius 3 is 2.84 bits per heavy atom. The van der Waals surface area contributed by atoms with E-state index in [4.69, 9.17) is 9.47 Å². The predicted molar refractivity (Wildman–Crippen MR) is 91.4 cm³/mol. The second kappa shape index (κ2) is 8.00. The van der Waals surface area contributed by atoms with Crippen molar-refractivity contribution >= 4 is 12.0 Å². The Labute approximate surface area is 146 Å². The van der Waals surface area contributed by atoms with Crippen LogP contribution in [0.5, 0.6) is 5.75 Å². The van der Waals surface area contributed by atoms with Gasteiger partial charge in [-0.1, -0.05) is 0 Å². The van der Waals surface area contributed by atoms with E-state index in [2.05, 4.69) is 10.6 Å². The number of rotatable bonds is 5. The Balaban J connectivity index is 1.87. The van der Waals surface area contributed by atoms with Crippen LogP contribution in [0.4, 0.5) is 9.18 Å². The summed E-state index contributed by atoms with van der Waals surface area (Å²) in [5.41, 5.74) is 1.18. The fraction of sp³-hybridized carbons (Fsp3) is 0.444. The van der Waals surface area contributed by atoms with Crippen LogP contribution in [0.3, 0.4) is 0 Å². The maximum atomic E-state index is 13.0. The van der Waals surface area contributed by atoms with Gasteiger partial charge in [0.2, 0.25) is 0 Å². The summed E-state index contributed by atoms with van der Waals surface area (Å²) in [5.74, 6) is 0.448. The van der Waals surface area contributed by atoms with Crippen LogP contribution in [0.15, 0.2) is 30.1 Å². The third-order valence-electron chi connectivity index (χ3n) is 3.44. The van der Waals surface area contributed by atoms with E-state index in [-0.39, 0.29) is 24.6 Å². The number of carbonyl (C=O) groups excluding carboxylic acids is 2. The number of amides is 2. The average Bonchev–Trinajstić information content (AvgIpc) is 2.53. The zero-order chi connectivity index (χ0) is 18.4. The summed E-state index contributed by atoms with van der Waals surface area (Å²) in [7, 11) is 0. The zero-order valence-corrected chi connectivity index (χ0v) is 14.6. The third-order valence-corrected chi connectivity index (χ3v) is 3.44. The molecule has 0 atom stereocenters. The molecule has 136 valence electrons. The van der Waals surface area contributed by atoms with Crippen molar-refractivity contribution in [2.45, 2.75) is 32.8 Å². The van der Waals surface area contributed by atoms with Crippen LogP contribution in [0.1, 0.15) is 36.7 Å². The summed E-state index contributed by atoms with van der Waals surface area (Å²) in [6, 6.07) is 5.14. The van der Waals surface area contributed by atoms with Crippen LogP contribution in [0, 0.1) is 0 Å². The predicted octanol–water partition coefficient (Wildman–Crippen LogP) is 2.73. The van der Waals surface area contributed by atoms with Gasteiger partial charge < -0.3 is 20.1 Å². The van der Waals surface area contributed by atoms with Gasteiger partial charge in [0.1, 0.15) is 18.0 Å². The number of carbonyl (C=O) groups is 2. The van der Waals surface area contributed by atoms with Gasteiger partial charge >= 0.3 is 6.09 Å². The number of alkyl carbamates (subject to hydrolysis) is 1. The Hall–Kier alpha value is -2.57. The van der Waals surface area contributed by atoms with Crippen molar-refractivity contribution in [3.63, 3.8) is 0 Å². The van der Waals surface area contributed by atoms with Crippen LogP contribution >= 0.6 is 0 Å². The summed E-state index contributed by atoms with van der Waals surface area (Å²) >= 11 is 0. The Morgan fingerprint density at radius 1 is 1.40 bits per heavy atom. The molecule has 25 heavy (non-hydrogen) atoms. The van der Waals surface area contributed by atoms with E-state index in [1.165, 1.54) is 0 Å². The van der Waals surface area contributed by atoms with Crippen molar-refractivity contribution in [2.75, 3.05) is 19.7 Å². The molecule has 0 aromatic heterocycles. The van der Waals surface area contributed by atoms with E-state index in [0.717, 1.165) is 12.0 Å². The lowest BCUT2D eigenvalue weighted by atomic mass is 10.0. The molecule has 2 rings (SSSR count). The molecule has 0 unspecified atom stereocenters. The van der Waals surface area contributed by atoms with Gasteiger partial charge in [0.05, 0.1) is 6.33 Å². The quantitative estimate of drug-likeness (QED) is 0.856. The molecule has 7 heteroatoms. The number of fused-ring (bicyclic) bond motifs is 1. The SMILES string of the molecule is CC(C)(C)OC(=O)NCC(=CF)COc1ccc2c(c1)CCNC2=O. The first-order valence-electron chi connectivity index (χ1n) is 8.07. The van der Waals surface area contributed by atoms with Gasteiger partial charge in [0, 0.05) is 24.2 Å². The molecule has 0 fully saturated rings. The molecule has 1 heterocycles. The number of halogens is 1. The first-order valence-corrected chi connectivity index (χ1v) is 8.07. The lowest BCUT2D eigenvalue weighted by Gasteiger charge is -2.20. The molecule has 1 aromatic carbocycles. The van der Waals surface area contributed by atoms with Crippen molar-refractivity contribution < 1.29 is 23.5 Å². The minimum absolute atomic E-state index is 0.0151. The highest BCUT2D eigenvalue weighted by Crippen LogP contribution is 2.21. The second-order valence-electron chi connectivity index (χ2n) is 6.74. The lowest BCUT2D eigenvalue weighted by Crippen LogP contribution is -2.34. The molecule has 0 spiro atoms. The van der Waals surface area contributed by atoms with Crippen molar-refractivity contribution in [2.24, 2.45) is 0 Å². The molecule has 0 aliphatic carbocycles. The maximum absolute atomic E-state index is 13.0. The maximum Gasteiger partial charge on any atom is 0.407 e. The van der Waals surface area contributed by atoms with Crippen molar-refractivity contribution in [3.05, 3.63) is 41.2 Å². The molecular formula is C18H23FN2O4. The molecule has 0 radical (unpaired) electrons. The minimum atomic E-state index is -0.619. The van der Waals surface area contributed by atoms with Gasteiger partial charge in [0.15, 0.2) is 0 Å². The normalized spacial score (nSPS) is 14.4. The first-order chi connectivity index (χ1) is 11.8. The first kappa shape index (κ1) is 18.8. The average molecular weight is 350 g/mol. The number of hydrogen-bond donors (Lipinski definition) is 2. The van der Waals surface area contributed by atoms with Crippen LogP contribution in [0.25, 0.3) is 0 Å². The standard InChI is InChI=1S/C18H23FN2O4/c1-18(2,3)25-17(23)21-10-12(9-19)11-24-14-4-5-15-13(8-14)6-7-20-16(15)22/h4-5,8-9H,6-7,10-11H2,1-3H3,(H,20,22)(H,21,23). The van der Waals surface area contributed by atoms with Crippen molar-refractivity contribution in [3.8, 4) is 5.75 Å². The Bertz CT molecular complexity index is 680. The number of hydrogen-bond acceptors (Lipinski definition) is 4. The van der Waals surface area contributed by atoms with Gasteiger partial charge in [-0.3, -0.25) is 4.79 Å². The monoisotopic (exact) mass is 350 g/mol. The number of benzene rings is 1. The smallest absolute Gasteiger partial charge is 0.407 e. The summed E-state index contributed by atoms with van der Waals surface area (Å²) in [4.78, 5) is 23.3. The van der Waals surface area contributed by atoms with Crippen molar-refractivity contribution in [1.29, 1.82) is 0 Å². The molecule has 2 N–H and O–H groups in total. The number of ether oxygens (including phenoxy) is 2. The van der Waals surface area contributed by atoms with E-state index >= 15 is 0 Å². The number of nitrogens with one attached hydrogen (secondary N) is 2. The van der Waals surface area contributed by atoms with E-state index < -0.39 is 11.7 Å². The molecule has 0 saturated heterocycles. The van der Waals surface area contributed by atoms with Crippen LogP contribution in [-0.2, 0) is 11.2 Å². The van der Waals surface area contributed by atoms with Crippen LogP contribution in [0.2, 0.25) is 0 Å². The van der Waals surface area contributed by atoms with Gasteiger partial charge in [-0.15, -0.1) is 0 Å². The highest BCUT2D eigenvalue weighted by atomic mass is 19.1. The molecule has 1 aromatic rings. The summed E-state index contributed by atoms with van der Waals surface area (Å²) in [6.07, 6.45) is 0.514. The Morgan fingerprint density at radius 2 is 2.16 bits per heavy atom. The molecule has 1 aliphatic heterocycles. The van der Waals surface area contributed by atoms with Crippen molar-refractivity contribution in [1.82, 2.24) is 10.6 Å². The second-order valence-corrected chi connectivity index (χ2v) is 6.74. The van der Waals surface area contributed by atoms with Crippen LogP contribution in [-0.4, -0.2) is 37.3 Å². The van der Waals surface area contributed by atoms with Gasteiger partial charge in [-0.05, 0) is 51.0 Å². The lowest BCUT2D eigenvalue weighted by molar-refractivity contribution is 0.0531. The highest BCUT2D eigenvalue weighted by Gasteiger charge is 2.18. The minimum Gasteiger partial charge on any atom is -0.489 e. The Kier molecular flexibility index (Phi) is 6.01. The molecule has 1 aliphatic rings. The third kappa shape index (κ3) is 5.77. The summed E-state index contributed by atoms with van der Waals surface area (Å²) in [6.45, 7) is 5.80. The van der Waals surface area contributed by atoms with Gasteiger partial charge in [0.25, 0.3) is 5.91 Å². The van der Waals surface area contributed by atoms with Gasteiger partial charge in [-0.2, -0.15) is 0 Å². The largest absolute Gasteiger partial charge is 0.489 e. The van der Waals surface area contributed by atoms with E-state index in [9.17, 15) is 14.0 Å². The molecule has 6 nitrogen and oxygen atoms in total. The fourth-order valence-corrected chi connectivity index (χ4v) is 2.29. The molecule has 2 amide bonds. The van der Waals surface area contributed by atoms with E-state index in [1.807, 2.05) is 0 Å². The molecule has 0 saturated carbocycles. The summed E-state index contributed by atoms with van der Waals surface area (Å²) in [5, 5.41) is 5.25.